The maximum absolute atomic E-state index is 12.2. The molecule has 30 heavy (non-hydrogen) atoms. The largest absolute Gasteiger partial charge is 0.464 e. The summed E-state index contributed by atoms with van der Waals surface area (Å²) in [5.41, 5.74) is 4.69. The van der Waals surface area contributed by atoms with Crippen LogP contribution in [0.5, 0.6) is 0 Å². The minimum absolute atomic E-state index is 0.0438. The van der Waals surface area contributed by atoms with Gasteiger partial charge < -0.3 is 10.1 Å². The number of esters is 1. The molecule has 2 N–H and O–H groups in total. The third-order valence-corrected chi connectivity index (χ3v) is 4.97. The molecule has 0 aliphatic heterocycles. The lowest BCUT2D eigenvalue weighted by Crippen LogP contribution is -2.28. The summed E-state index contributed by atoms with van der Waals surface area (Å²) in [6.45, 7) is 5.99. The van der Waals surface area contributed by atoms with Gasteiger partial charge in [-0.2, -0.15) is 0 Å². The van der Waals surface area contributed by atoms with Crippen LogP contribution in [0.4, 0.5) is 0 Å². The minimum atomic E-state index is -0.411. The first-order valence-electron chi connectivity index (χ1n) is 9.89. The summed E-state index contributed by atoms with van der Waals surface area (Å²) >= 11 is 0. The number of rotatable bonds is 8. The highest BCUT2D eigenvalue weighted by atomic mass is 16.5. The molecule has 158 valence electrons. The first-order valence-corrected chi connectivity index (χ1v) is 9.89. The lowest BCUT2D eigenvalue weighted by atomic mass is 10.1. The molecule has 0 radical (unpaired) electrons. The molecule has 2 heterocycles. The SMILES string of the molecule is Cc1ccc(CCC(=O)NCCOC(=O)Cc2c(C)nc3cc(=O)[nH]n3c2C)cc1. The summed E-state index contributed by atoms with van der Waals surface area (Å²) in [6.07, 6.45) is 1.10. The van der Waals surface area contributed by atoms with Crippen molar-refractivity contribution in [2.75, 3.05) is 13.2 Å². The Balaban J connectivity index is 1.43. The van der Waals surface area contributed by atoms with Crippen LogP contribution in [-0.2, 0) is 27.2 Å². The van der Waals surface area contributed by atoms with Crippen LogP contribution in [0.15, 0.2) is 35.1 Å². The molecule has 8 heteroatoms. The van der Waals surface area contributed by atoms with Crippen LogP contribution in [0.2, 0.25) is 0 Å². The lowest BCUT2D eigenvalue weighted by molar-refractivity contribution is -0.143. The van der Waals surface area contributed by atoms with Gasteiger partial charge in [-0.05, 0) is 32.8 Å². The van der Waals surface area contributed by atoms with Gasteiger partial charge in [-0.3, -0.25) is 19.5 Å². The maximum Gasteiger partial charge on any atom is 0.310 e. The number of nitrogens with one attached hydrogen (secondary N) is 2. The lowest BCUT2D eigenvalue weighted by Gasteiger charge is -2.11. The van der Waals surface area contributed by atoms with Crippen molar-refractivity contribution < 1.29 is 14.3 Å². The number of nitrogens with zero attached hydrogens (tertiary/aromatic N) is 2. The van der Waals surface area contributed by atoms with Crippen LogP contribution in [0.3, 0.4) is 0 Å². The first-order chi connectivity index (χ1) is 14.3. The molecule has 3 rings (SSSR count). The summed E-state index contributed by atoms with van der Waals surface area (Å²) in [4.78, 5) is 40.0. The highest BCUT2D eigenvalue weighted by Gasteiger charge is 2.15. The first kappa shape index (κ1) is 21.3. The molecular weight excluding hydrogens is 384 g/mol. The number of aryl methyl sites for hydroxylation is 4. The van der Waals surface area contributed by atoms with Gasteiger partial charge in [0.25, 0.3) is 5.56 Å². The highest BCUT2D eigenvalue weighted by molar-refractivity contribution is 5.76. The van der Waals surface area contributed by atoms with Gasteiger partial charge in [-0.15, -0.1) is 0 Å². The fourth-order valence-corrected chi connectivity index (χ4v) is 3.26. The van der Waals surface area contributed by atoms with E-state index in [0.717, 1.165) is 11.3 Å². The van der Waals surface area contributed by atoms with Crippen molar-refractivity contribution in [3.63, 3.8) is 0 Å². The molecule has 1 aromatic carbocycles. The molecule has 0 saturated heterocycles. The predicted octanol–water partition coefficient (Wildman–Crippen LogP) is 1.78. The zero-order valence-electron chi connectivity index (χ0n) is 17.4. The number of H-pyrrole nitrogens is 1. The van der Waals surface area contributed by atoms with Crippen LogP contribution in [0, 0.1) is 20.8 Å². The van der Waals surface area contributed by atoms with Gasteiger partial charge in [0, 0.05) is 29.4 Å². The monoisotopic (exact) mass is 410 g/mol. The number of fused-ring (bicyclic) bond motifs is 1. The number of amides is 1. The zero-order chi connectivity index (χ0) is 21.7. The van der Waals surface area contributed by atoms with Crippen molar-refractivity contribution >= 4 is 17.5 Å². The molecule has 2 aromatic heterocycles. The highest BCUT2D eigenvalue weighted by Crippen LogP contribution is 2.14. The van der Waals surface area contributed by atoms with Crippen molar-refractivity contribution in [3.8, 4) is 0 Å². The van der Waals surface area contributed by atoms with E-state index in [9.17, 15) is 14.4 Å². The fraction of sp³-hybridized carbons (Fsp3) is 0.364. The van der Waals surface area contributed by atoms with E-state index in [4.69, 9.17) is 4.74 Å². The van der Waals surface area contributed by atoms with Crippen LogP contribution < -0.4 is 10.9 Å². The second-order valence-electron chi connectivity index (χ2n) is 7.31. The minimum Gasteiger partial charge on any atom is -0.464 e. The van der Waals surface area contributed by atoms with E-state index in [1.54, 1.807) is 11.4 Å². The Kier molecular flexibility index (Phi) is 6.66. The van der Waals surface area contributed by atoms with Gasteiger partial charge in [-0.25, -0.2) is 9.50 Å². The van der Waals surface area contributed by atoms with E-state index in [-0.39, 0.29) is 31.0 Å². The van der Waals surface area contributed by atoms with Gasteiger partial charge in [-0.1, -0.05) is 29.8 Å². The molecule has 0 saturated carbocycles. The summed E-state index contributed by atoms with van der Waals surface area (Å²) in [6, 6.07) is 9.49. The van der Waals surface area contributed by atoms with Crippen molar-refractivity contribution in [2.45, 2.75) is 40.0 Å². The molecule has 0 aliphatic carbocycles. The van der Waals surface area contributed by atoms with E-state index >= 15 is 0 Å². The molecule has 0 atom stereocenters. The van der Waals surface area contributed by atoms with Crippen molar-refractivity contribution in [2.24, 2.45) is 0 Å². The summed E-state index contributed by atoms with van der Waals surface area (Å²) < 4.78 is 6.80. The maximum atomic E-state index is 12.2. The number of hydrogen-bond donors (Lipinski definition) is 2. The van der Waals surface area contributed by atoms with Gasteiger partial charge >= 0.3 is 5.97 Å². The van der Waals surface area contributed by atoms with E-state index in [1.807, 2.05) is 38.1 Å². The second kappa shape index (κ2) is 9.39. The molecule has 0 bridgehead atoms. The van der Waals surface area contributed by atoms with Crippen LogP contribution in [0.25, 0.3) is 5.65 Å². The Morgan fingerprint density at radius 2 is 1.90 bits per heavy atom. The Hall–Kier alpha value is -3.42. The molecule has 3 aromatic rings. The Morgan fingerprint density at radius 1 is 1.17 bits per heavy atom. The van der Waals surface area contributed by atoms with Crippen molar-refractivity contribution in [1.29, 1.82) is 0 Å². The fourth-order valence-electron chi connectivity index (χ4n) is 3.26. The summed E-state index contributed by atoms with van der Waals surface area (Å²) in [5, 5.41) is 5.42. The number of carbonyl (C=O) groups is 2. The molecule has 0 spiro atoms. The Labute approximate surface area is 174 Å². The average molecular weight is 410 g/mol. The third kappa shape index (κ3) is 5.34. The van der Waals surface area contributed by atoms with Gasteiger partial charge in [0.15, 0.2) is 5.65 Å². The molecule has 0 fully saturated rings. The second-order valence-corrected chi connectivity index (χ2v) is 7.31. The smallest absolute Gasteiger partial charge is 0.310 e. The summed E-state index contributed by atoms with van der Waals surface area (Å²) in [7, 11) is 0. The summed E-state index contributed by atoms with van der Waals surface area (Å²) in [5.74, 6) is -0.490. The molecule has 8 nitrogen and oxygen atoms in total. The number of carbonyl (C=O) groups excluding carboxylic acids is 2. The number of hydrogen-bond acceptors (Lipinski definition) is 5. The number of aromatic nitrogens is 3. The van der Waals surface area contributed by atoms with E-state index in [0.29, 0.717) is 29.7 Å². The molecule has 0 aliphatic rings. The normalized spacial score (nSPS) is 10.9. The molecule has 1 amide bonds. The van der Waals surface area contributed by atoms with Crippen molar-refractivity contribution in [3.05, 3.63) is 68.8 Å². The standard InChI is InChI=1S/C22H26N4O4/c1-14-4-6-17(7-5-14)8-9-20(27)23-10-11-30-22(29)12-18-15(2)24-19-13-21(28)25-26(19)16(18)3/h4-7,13H,8-12H2,1-3H3,(H,23,27)(H,25,28). The van der Waals surface area contributed by atoms with Gasteiger partial charge in [0.1, 0.15) is 6.61 Å². The number of ether oxygens (including phenoxy) is 1. The van der Waals surface area contributed by atoms with Crippen LogP contribution >= 0.6 is 0 Å². The molecular formula is C22H26N4O4. The van der Waals surface area contributed by atoms with Crippen molar-refractivity contribution in [1.82, 2.24) is 19.9 Å². The van der Waals surface area contributed by atoms with Crippen LogP contribution in [-0.4, -0.2) is 39.6 Å². The number of benzene rings is 1. The Morgan fingerprint density at radius 3 is 2.63 bits per heavy atom. The van der Waals surface area contributed by atoms with E-state index in [2.05, 4.69) is 15.4 Å². The van der Waals surface area contributed by atoms with Gasteiger partial charge in [0.2, 0.25) is 5.91 Å². The van der Waals surface area contributed by atoms with Gasteiger partial charge in [0.05, 0.1) is 13.0 Å². The van der Waals surface area contributed by atoms with Crippen LogP contribution in [0.1, 0.15) is 34.5 Å². The quantitative estimate of drug-likeness (QED) is 0.435. The zero-order valence-corrected chi connectivity index (χ0v) is 17.4. The van der Waals surface area contributed by atoms with E-state index in [1.165, 1.54) is 11.6 Å². The predicted molar refractivity (Wildman–Crippen MR) is 112 cm³/mol. The topological polar surface area (TPSA) is 106 Å². The average Bonchev–Trinajstić information content (AvgIpc) is 3.08. The Bertz CT molecular complexity index is 1110. The van der Waals surface area contributed by atoms with E-state index < -0.39 is 5.97 Å². The molecule has 0 unspecified atom stereocenters. The third-order valence-electron chi connectivity index (χ3n) is 4.97. The number of aromatic amines is 1.